The Morgan fingerprint density at radius 3 is 2.35 bits per heavy atom. The lowest BCUT2D eigenvalue weighted by atomic mass is 10.1. The molecule has 1 amide bonds. The molecule has 0 spiro atoms. The Kier molecular flexibility index (Phi) is 5.80. The molecule has 3 nitrogen and oxygen atoms in total. The van der Waals surface area contributed by atoms with Crippen molar-refractivity contribution in [1.82, 2.24) is 4.90 Å². The van der Waals surface area contributed by atoms with Gasteiger partial charge < -0.3 is 9.64 Å². The minimum absolute atomic E-state index is 0.00193. The van der Waals surface area contributed by atoms with Crippen LogP contribution in [0.4, 0.5) is 0 Å². The number of carbonyl (C=O) groups excluding carboxylic acids is 1. The number of aryl methyl sites for hydroxylation is 2. The number of benzene rings is 2. The molecule has 0 aliphatic rings. The molecule has 122 valence electrons. The van der Waals surface area contributed by atoms with Gasteiger partial charge in [-0.1, -0.05) is 36.4 Å². The maximum atomic E-state index is 12.5. The zero-order chi connectivity index (χ0) is 16.8. The van der Waals surface area contributed by atoms with Gasteiger partial charge >= 0.3 is 0 Å². The maximum absolute atomic E-state index is 12.5. The van der Waals surface area contributed by atoms with E-state index in [2.05, 4.69) is 6.92 Å². The zero-order valence-corrected chi connectivity index (χ0v) is 14.4. The number of hydrogen-bond donors (Lipinski definition) is 0. The molecule has 0 atom stereocenters. The van der Waals surface area contributed by atoms with Crippen molar-refractivity contribution >= 4 is 5.91 Å². The van der Waals surface area contributed by atoms with Crippen LogP contribution in [0, 0.1) is 13.8 Å². The van der Waals surface area contributed by atoms with Crippen LogP contribution in [-0.4, -0.2) is 23.5 Å². The maximum Gasteiger partial charge on any atom is 0.261 e. The Labute approximate surface area is 138 Å². The highest BCUT2D eigenvalue weighted by Crippen LogP contribution is 2.17. The minimum atomic E-state index is 0.00193. The van der Waals surface area contributed by atoms with Crippen LogP contribution in [0.25, 0.3) is 0 Å². The van der Waals surface area contributed by atoms with E-state index in [1.54, 1.807) is 0 Å². The van der Waals surface area contributed by atoms with Gasteiger partial charge in [-0.05, 0) is 56.5 Å². The summed E-state index contributed by atoms with van der Waals surface area (Å²) >= 11 is 0. The van der Waals surface area contributed by atoms with Crippen LogP contribution in [0.3, 0.4) is 0 Å². The van der Waals surface area contributed by atoms with E-state index in [1.807, 2.05) is 74.2 Å². The van der Waals surface area contributed by atoms with Gasteiger partial charge in [0, 0.05) is 12.6 Å². The van der Waals surface area contributed by atoms with Crippen molar-refractivity contribution in [2.24, 2.45) is 0 Å². The first-order chi connectivity index (χ1) is 11.0. The van der Waals surface area contributed by atoms with Crippen LogP contribution in [0.15, 0.2) is 48.5 Å². The molecule has 0 fully saturated rings. The van der Waals surface area contributed by atoms with Crippen LogP contribution >= 0.6 is 0 Å². The predicted octanol–water partition coefficient (Wildman–Crippen LogP) is 4.12. The molecular weight excluding hydrogens is 286 g/mol. The number of amides is 1. The lowest BCUT2D eigenvalue weighted by Gasteiger charge is -2.27. The molecule has 0 aliphatic heterocycles. The van der Waals surface area contributed by atoms with E-state index in [-0.39, 0.29) is 18.6 Å². The van der Waals surface area contributed by atoms with Crippen LogP contribution < -0.4 is 4.74 Å². The lowest BCUT2D eigenvalue weighted by Crippen LogP contribution is -2.39. The van der Waals surface area contributed by atoms with E-state index in [0.29, 0.717) is 6.54 Å². The van der Waals surface area contributed by atoms with Gasteiger partial charge in [0.05, 0.1) is 0 Å². The molecule has 0 saturated carbocycles. The molecule has 3 heteroatoms. The summed E-state index contributed by atoms with van der Waals surface area (Å²) in [5, 5.41) is 0. The molecule has 2 aromatic rings. The fourth-order valence-electron chi connectivity index (χ4n) is 2.37. The monoisotopic (exact) mass is 311 g/mol. The standard InChI is InChI=1S/C20H25NO2/c1-15(2)21(13-18-8-6-5-7-9-18)20(22)14-23-19-11-10-16(3)17(4)12-19/h5-12,15H,13-14H2,1-4H3. The number of carbonyl (C=O) groups is 1. The summed E-state index contributed by atoms with van der Waals surface area (Å²) in [6.07, 6.45) is 0. The van der Waals surface area contributed by atoms with Crippen molar-refractivity contribution in [3.05, 3.63) is 65.2 Å². The Morgan fingerprint density at radius 1 is 1.04 bits per heavy atom. The topological polar surface area (TPSA) is 29.5 Å². The molecule has 0 unspecified atom stereocenters. The summed E-state index contributed by atoms with van der Waals surface area (Å²) in [5.41, 5.74) is 3.51. The van der Waals surface area contributed by atoms with Crippen molar-refractivity contribution in [2.75, 3.05) is 6.61 Å². The van der Waals surface area contributed by atoms with Gasteiger partial charge in [0.15, 0.2) is 6.61 Å². The molecule has 0 radical (unpaired) electrons. The van der Waals surface area contributed by atoms with Crippen LogP contribution in [0.5, 0.6) is 5.75 Å². The van der Waals surface area contributed by atoms with E-state index < -0.39 is 0 Å². The Hall–Kier alpha value is -2.29. The van der Waals surface area contributed by atoms with E-state index >= 15 is 0 Å². The van der Waals surface area contributed by atoms with E-state index in [1.165, 1.54) is 11.1 Å². The molecular formula is C20H25NO2. The average molecular weight is 311 g/mol. The fourth-order valence-corrected chi connectivity index (χ4v) is 2.37. The van der Waals surface area contributed by atoms with Crippen LogP contribution in [0.1, 0.15) is 30.5 Å². The molecule has 23 heavy (non-hydrogen) atoms. The third kappa shape index (κ3) is 4.85. The largest absolute Gasteiger partial charge is 0.484 e. The van der Waals surface area contributed by atoms with E-state index in [9.17, 15) is 4.79 Å². The second kappa shape index (κ2) is 7.82. The summed E-state index contributed by atoms with van der Waals surface area (Å²) in [6.45, 7) is 8.82. The molecule has 0 aromatic heterocycles. The summed E-state index contributed by atoms with van der Waals surface area (Å²) in [6, 6.07) is 16.1. The first-order valence-electron chi connectivity index (χ1n) is 8.01. The summed E-state index contributed by atoms with van der Waals surface area (Å²) in [5.74, 6) is 0.743. The van der Waals surface area contributed by atoms with Crippen LogP contribution in [-0.2, 0) is 11.3 Å². The highest BCUT2D eigenvalue weighted by Gasteiger charge is 2.18. The summed E-state index contributed by atoms with van der Waals surface area (Å²) in [4.78, 5) is 14.4. The minimum Gasteiger partial charge on any atom is -0.484 e. The molecule has 0 heterocycles. The fraction of sp³-hybridized carbons (Fsp3) is 0.350. The SMILES string of the molecule is Cc1ccc(OCC(=O)N(Cc2ccccc2)C(C)C)cc1C. The van der Waals surface area contributed by atoms with Gasteiger partial charge in [-0.2, -0.15) is 0 Å². The Morgan fingerprint density at radius 2 is 1.74 bits per heavy atom. The number of ether oxygens (including phenoxy) is 1. The first kappa shape index (κ1) is 17.1. The molecule has 2 aromatic carbocycles. The Balaban J connectivity index is 1.99. The highest BCUT2D eigenvalue weighted by molar-refractivity contribution is 5.78. The van der Waals surface area contributed by atoms with Crippen molar-refractivity contribution in [3.8, 4) is 5.75 Å². The van der Waals surface area contributed by atoms with Crippen LogP contribution in [0.2, 0.25) is 0 Å². The normalized spacial score (nSPS) is 10.7. The van der Waals surface area contributed by atoms with Gasteiger partial charge in [-0.15, -0.1) is 0 Å². The first-order valence-corrected chi connectivity index (χ1v) is 8.01. The zero-order valence-electron chi connectivity index (χ0n) is 14.4. The van der Waals surface area contributed by atoms with Crippen molar-refractivity contribution in [3.63, 3.8) is 0 Å². The van der Waals surface area contributed by atoms with Gasteiger partial charge in [-0.25, -0.2) is 0 Å². The van der Waals surface area contributed by atoms with E-state index in [4.69, 9.17) is 4.74 Å². The number of nitrogens with zero attached hydrogens (tertiary/aromatic N) is 1. The smallest absolute Gasteiger partial charge is 0.261 e. The van der Waals surface area contributed by atoms with E-state index in [0.717, 1.165) is 11.3 Å². The lowest BCUT2D eigenvalue weighted by molar-refractivity contribution is -0.135. The van der Waals surface area contributed by atoms with Gasteiger partial charge in [0.1, 0.15) is 5.75 Å². The third-order valence-electron chi connectivity index (χ3n) is 3.98. The number of rotatable bonds is 6. The quantitative estimate of drug-likeness (QED) is 0.803. The van der Waals surface area contributed by atoms with Gasteiger partial charge in [-0.3, -0.25) is 4.79 Å². The molecule has 0 saturated heterocycles. The molecule has 0 aliphatic carbocycles. The highest BCUT2D eigenvalue weighted by atomic mass is 16.5. The summed E-state index contributed by atoms with van der Waals surface area (Å²) in [7, 11) is 0. The van der Waals surface area contributed by atoms with Gasteiger partial charge in [0.25, 0.3) is 5.91 Å². The molecule has 0 bridgehead atoms. The second-order valence-corrected chi connectivity index (χ2v) is 6.14. The third-order valence-corrected chi connectivity index (χ3v) is 3.98. The second-order valence-electron chi connectivity index (χ2n) is 6.14. The predicted molar refractivity (Wildman–Crippen MR) is 93.5 cm³/mol. The van der Waals surface area contributed by atoms with Crippen molar-refractivity contribution in [1.29, 1.82) is 0 Å². The van der Waals surface area contributed by atoms with Crippen molar-refractivity contribution < 1.29 is 9.53 Å². The molecule has 2 rings (SSSR count). The molecule has 0 N–H and O–H groups in total. The average Bonchev–Trinajstić information content (AvgIpc) is 2.54. The Bertz CT molecular complexity index is 650. The summed E-state index contributed by atoms with van der Waals surface area (Å²) < 4.78 is 5.68. The van der Waals surface area contributed by atoms with Gasteiger partial charge in [0.2, 0.25) is 0 Å². The van der Waals surface area contributed by atoms with Crippen molar-refractivity contribution in [2.45, 2.75) is 40.3 Å². The number of hydrogen-bond acceptors (Lipinski definition) is 2.